The van der Waals surface area contributed by atoms with Crippen LogP contribution in [0.2, 0.25) is 0 Å². The second-order valence-corrected chi connectivity index (χ2v) is 8.15. The van der Waals surface area contributed by atoms with E-state index in [2.05, 4.69) is 63.9 Å². The molecule has 2 heteroatoms. The lowest BCUT2D eigenvalue weighted by atomic mass is 9.76. The third kappa shape index (κ3) is 3.42. The van der Waals surface area contributed by atoms with Crippen LogP contribution in [-0.2, 0) is 0 Å². The first-order valence-electron chi connectivity index (χ1n) is 8.64. The third-order valence-electron chi connectivity index (χ3n) is 6.50. The highest BCUT2D eigenvalue weighted by Gasteiger charge is 2.34. The fourth-order valence-corrected chi connectivity index (χ4v) is 3.62. The van der Waals surface area contributed by atoms with Crippen molar-refractivity contribution in [3.63, 3.8) is 0 Å². The van der Waals surface area contributed by atoms with E-state index in [0.29, 0.717) is 22.7 Å². The van der Waals surface area contributed by atoms with Gasteiger partial charge in [0.1, 0.15) is 0 Å². The van der Waals surface area contributed by atoms with E-state index in [4.69, 9.17) is 0 Å². The van der Waals surface area contributed by atoms with Crippen LogP contribution >= 0.6 is 0 Å². The molecule has 0 bridgehead atoms. The number of allylic oxidation sites excluding steroid dienone is 4. The van der Waals surface area contributed by atoms with E-state index >= 15 is 0 Å². The summed E-state index contributed by atoms with van der Waals surface area (Å²) in [6, 6.07) is 0. The molecule has 0 fully saturated rings. The molecule has 0 amide bonds. The highest BCUT2D eigenvalue weighted by molar-refractivity contribution is 5.62. The van der Waals surface area contributed by atoms with Crippen molar-refractivity contribution >= 4 is 12.4 Å². The van der Waals surface area contributed by atoms with Gasteiger partial charge in [-0.2, -0.15) is 10.2 Å². The molecule has 2 nitrogen and oxygen atoms in total. The predicted molar refractivity (Wildman–Crippen MR) is 97.5 cm³/mol. The van der Waals surface area contributed by atoms with Gasteiger partial charge < -0.3 is 0 Å². The largest absolute Gasteiger partial charge is 0.164 e. The van der Waals surface area contributed by atoms with E-state index in [-0.39, 0.29) is 0 Å². The van der Waals surface area contributed by atoms with Gasteiger partial charge in [-0.3, -0.25) is 0 Å². The zero-order valence-corrected chi connectivity index (χ0v) is 15.2. The van der Waals surface area contributed by atoms with E-state index in [1.807, 2.05) is 12.4 Å². The van der Waals surface area contributed by atoms with Crippen LogP contribution in [0.3, 0.4) is 0 Å². The fourth-order valence-electron chi connectivity index (χ4n) is 3.62. The molecule has 0 aromatic carbocycles. The maximum Gasteiger partial charge on any atom is 0.0273 e. The second-order valence-electron chi connectivity index (χ2n) is 8.15. The van der Waals surface area contributed by atoms with Crippen molar-refractivity contribution in [2.24, 2.45) is 32.9 Å². The van der Waals surface area contributed by atoms with Crippen molar-refractivity contribution < 1.29 is 0 Å². The summed E-state index contributed by atoms with van der Waals surface area (Å²) in [7, 11) is 0. The number of hydrogen-bond acceptors (Lipinski definition) is 2. The monoisotopic (exact) mass is 300 g/mol. The Hall–Kier alpha value is -1.18. The first-order chi connectivity index (χ1) is 10.3. The molecular formula is C20H32N2. The topological polar surface area (TPSA) is 24.7 Å². The smallest absolute Gasteiger partial charge is 0.0273 e. The Morgan fingerprint density at radius 2 is 1.23 bits per heavy atom. The summed E-state index contributed by atoms with van der Waals surface area (Å²) >= 11 is 0. The van der Waals surface area contributed by atoms with Crippen LogP contribution in [0.1, 0.15) is 67.2 Å². The molecule has 0 spiro atoms. The summed E-state index contributed by atoms with van der Waals surface area (Å²) in [4.78, 5) is 0. The van der Waals surface area contributed by atoms with Crippen LogP contribution in [0.25, 0.3) is 0 Å². The third-order valence-corrected chi connectivity index (χ3v) is 6.50. The lowest BCUT2D eigenvalue weighted by molar-refractivity contribution is 0.302. The Morgan fingerprint density at radius 3 is 1.50 bits per heavy atom. The number of rotatable bonds is 5. The fraction of sp³-hybridized carbons (Fsp3) is 0.700. The Morgan fingerprint density at radius 1 is 0.864 bits per heavy atom. The summed E-state index contributed by atoms with van der Waals surface area (Å²) in [5.74, 6) is 1.35. The highest BCUT2D eigenvalue weighted by Crippen LogP contribution is 2.45. The molecule has 0 heterocycles. The summed E-state index contributed by atoms with van der Waals surface area (Å²) in [5.41, 5.74) is 3.65. The molecule has 0 radical (unpaired) electrons. The van der Waals surface area contributed by atoms with Gasteiger partial charge >= 0.3 is 0 Å². The Balaban J connectivity index is 1.75. The van der Waals surface area contributed by atoms with Crippen LogP contribution in [0.15, 0.2) is 33.5 Å². The van der Waals surface area contributed by atoms with Crippen molar-refractivity contribution in [2.45, 2.75) is 67.2 Å². The van der Waals surface area contributed by atoms with E-state index in [9.17, 15) is 0 Å². The first kappa shape index (κ1) is 17.2. The van der Waals surface area contributed by atoms with Gasteiger partial charge in [0.05, 0.1) is 0 Å². The minimum Gasteiger partial charge on any atom is -0.164 e. The minimum atomic E-state index is 0.312. The van der Waals surface area contributed by atoms with Crippen molar-refractivity contribution in [2.75, 3.05) is 0 Å². The molecule has 2 aliphatic carbocycles. The molecule has 0 saturated carbocycles. The van der Waals surface area contributed by atoms with Crippen molar-refractivity contribution in [3.05, 3.63) is 23.3 Å². The summed E-state index contributed by atoms with van der Waals surface area (Å²) in [6.45, 7) is 13.8. The molecule has 0 unspecified atom stereocenters. The SMILES string of the molecule is CC1=CC[C@H](C/C=N\N=C\C[C@@H]2CC=C(C)C2(C)C)C1(C)C. The zero-order valence-electron chi connectivity index (χ0n) is 15.2. The van der Waals surface area contributed by atoms with Gasteiger partial charge in [0.2, 0.25) is 0 Å². The maximum atomic E-state index is 4.26. The second kappa shape index (κ2) is 6.52. The molecule has 0 aliphatic heterocycles. The number of hydrogen-bond donors (Lipinski definition) is 0. The standard InChI is InChI=1S/C20H32N2/c1-15-7-9-17(19(15,3)4)11-13-21-22-14-12-18-10-8-16(2)20(18,5)6/h7-8,13-14,17-18H,9-12H2,1-6H3/b21-13-,22-14+/t17-,18+/m1/s1. The van der Waals surface area contributed by atoms with Crippen molar-refractivity contribution in [1.29, 1.82) is 0 Å². The highest BCUT2D eigenvalue weighted by atomic mass is 15.2. The average Bonchev–Trinajstić information content (AvgIpc) is 2.85. The van der Waals surface area contributed by atoms with Gasteiger partial charge in [-0.25, -0.2) is 0 Å². The molecule has 2 atom stereocenters. The number of nitrogens with zero attached hydrogens (tertiary/aromatic N) is 2. The van der Waals surface area contributed by atoms with Gasteiger partial charge in [-0.05, 0) is 62.2 Å². The van der Waals surface area contributed by atoms with Crippen molar-refractivity contribution in [1.82, 2.24) is 0 Å². The van der Waals surface area contributed by atoms with Crippen LogP contribution < -0.4 is 0 Å². The van der Waals surface area contributed by atoms with E-state index in [0.717, 1.165) is 12.8 Å². The first-order valence-corrected chi connectivity index (χ1v) is 8.64. The molecule has 2 aliphatic rings. The molecule has 0 aromatic rings. The molecular weight excluding hydrogens is 268 g/mol. The lowest BCUT2D eigenvalue weighted by Gasteiger charge is -2.28. The molecule has 122 valence electrons. The van der Waals surface area contributed by atoms with Crippen LogP contribution in [0.4, 0.5) is 0 Å². The van der Waals surface area contributed by atoms with Gasteiger partial charge in [-0.1, -0.05) is 51.0 Å². The van der Waals surface area contributed by atoms with Gasteiger partial charge in [0.25, 0.3) is 0 Å². The predicted octanol–water partition coefficient (Wildman–Crippen LogP) is 5.81. The van der Waals surface area contributed by atoms with Crippen LogP contribution in [-0.4, -0.2) is 12.4 Å². The summed E-state index contributed by atoms with van der Waals surface area (Å²) < 4.78 is 0. The Labute approximate surface area is 136 Å². The average molecular weight is 300 g/mol. The maximum absolute atomic E-state index is 4.26. The molecule has 2 rings (SSSR count). The van der Waals surface area contributed by atoms with Gasteiger partial charge in [-0.15, -0.1) is 0 Å². The molecule has 0 aromatic heterocycles. The zero-order chi connectivity index (χ0) is 16.4. The Kier molecular flexibility index (Phi) is 5.09. The van der Waals surface area contributed by atoms with E-state index < -0.39 is 0 Å². The molecule has 0 saturated heterocycles. The van der Waals surface area contributed by atoms with Gasteiger partial charge in [0, 0.05) is 12.4 Å². The van der Waals surface area contributed by atoms with Gasteiger partial charge in [0.15, 0.2) is 0 Å². The van der Waals surface area contributed by atoms with E-state index in [1.54, 1.807) is 0 Å². The summed E-state index contributed by atoms with van der Waals surface area (Å²) in [6.07, 6.45) is 13.1. The molecule has 0 N–H and O–H groups in total. The van der Waals surface area contributed by atoms with Crippen molar-refractivity contribution in [3.8, 4) is 0 Å². The van der Waals surface area contributed by atoms with Crippen LogP contribution in [0.5, 0.6) is 0 Å². The lowest BCUT2D eigenvalue weighted by Crippen LogP contribution is -2.20. The normalized spacial score (nSPS) is 30.3. The van der Waals surface area contributed by atoms with E-state index in [1.165, 1.54) is 24.0 Å². The molecule has 22 heavy (non-hydrogen) atoms. The summed E-state index contributed by atoms with van der Waals surface area (Å²) in [5, 5.41) is 8.51. The van der Waals surface area contributed by atoms with Crippen LogP contribution in [0, 0.1) is 22.7 Å². The quantitative estimate of drug-likeness (QED) is 0.348. The minimum absolute atomic E-state index is 0.312. The Bertz CT molecular complexity index is 470.